The summed E-state index contributed by atoms with van der Waals surface area (Å²) in [5.41, 5.74) is 8.37. The number of hydrogen-bond donors (Lipinski definition) is 1. The molecule has 0 amide bonds. The molecule has 4 nitrogen and oxygen atoms in total. The molecule has 0 fully saturated rings. The highest BCUT2D eigenvalue weighted by Gasteiger charge is 2.18. The molecule has 2 aromatic rings. The van der Waals surface area contributed by atoms with E-state index in [0.717, 1.165) is 34.8 Å². The summed E-state index contributed by atoms with van der Waals surface area (Å²) in [5.74, 6) is 2.76. The third kappa shape index (κ3) is 5.13. The average Bonchev–Trinajstić information content (AvgIpc) is 2.63. The Morgan fingerprint density at radius 2 is 1.52 bits per heavy atom. The van der Waals surface area contributed by atoms with Crippen LogP contribution in [-0.2, 0) is 6.42 Å². The molecule has 0 saturated heterocycles. The van der Waals surface area contributed by atoms with Crippen LogP contribution in [0.25, 0.3) is 0 Å². The van der Waals surface area contributed by atoms with Crippen molar-refractivity contribution in [3.8, 4) is 17.2 Å². The topological polar surface area (TPSA) is 53.7 Å². The smallest absolute Gasteiger partial charge is 0.126 e. The highest BCUT2D eigenvalue weighted by atomic mass is 16.5. The van der Waals surface area contributed by atoms with Crippen molar-refractivity contribution >= 4 is 0 Å². The van der Waals surface area contributed by atoms with Crippen LogP contribution in [-0.4, -0.2) is 26.4 Å². The van der Waals surface area contributed by atoms with Gasteiger partial charge in [0.15, 0.2) is 0 Å². The largest absolute Gasteiger partial charge is 0.494 e. The van der Waals surface area contributed by atoms with E-state index >= 15 is 0 Å². The number of ether oxygens (including phenoxy) is 3. The summed E-state index contributed by atoms with van der Waals surface area (Å²) >= 11 is 0. The fraction of sp³-hybridized carbons (Fsp3) is 0.429. The maximum atomic E-state index is 6.10. The normalized spacial score (nSPS) is 11.8. The van der Waals surface area contributed by atoms with E-state index in [-0.39, 0.29) is 5.92 Å². The maximum Gasteiger partial charge on any atom is 0.126 e. The number of hydrogen-bond acceptors (Lipinski definition) is 4. The van der Waals surface area contributed by atoms with Crippen LogP contribution < -0.4 is 19.9 Å². The number of nitrogens with two attached hydrogens (primary N) is 1. The van der Waals surface area contributed by atoms with Gasteiger partial charge in [-0.05, 0) is 57.0 Å². The van der Waals surface area contributed by atoms with Crippen LogP contribution in [0.15, 0.2) is 42.5 Å². The molecule has 2 rings (SSSR count). The molecule has 0 radical (unpaired) electrons. The molecule has 25 heavy (non-hydrogen) atoms. The first-order valence-corrected chi connectivity index (χ1v) is 9.03. The molecule has 0 aliphatic heterocycles. The summed E-state index contributed by atoms with van der Waals surface area (Å²) in [5, 5.41) is 0. The Bertz CT molecular complexity index is 657. The fourth-order valence-electron chi connectivity index (χ4n) is 2.94. The standard InChI is InChI=1S/C21H29NO3/c1-4-23-18-12-11-16(21(14-18)25-6-3)13-17(15-22)19-9-7-8-10-20(19)24-5-2/h7-12,14,17H,4-6,13,15,22H2,1-3H3. The van der Waals surface area contributed by atoms with Gasteiger partial charge in [-0.25, -0.2) is 0 Å². The molecular formula is C21H29NO3. The van der Waals surface area contributed by atoms with E-state index in [4.69, 9.17) is 19.9 Å². The summed E-state index contributed by atoms with van der Waals surface area (Å²) in [6.45, 7) is 8.40. The van der Waals surface area contributed by atoms with Gasteiger partial charge >= 0.3 is 0 Å². The first-order chi connectivity index (χ1) is 12.2. The van der Waals surface area contributed by atoms with E-state index in [9.17, 15) is 0 Å². The third-order valence-corrected chi connectivity index (χ3v) is 4.06. The molecular weight excluding hydrogens is 314 g/mol. The molecule has 1 atom stereocenters. The summed E-state index contributed by atoms with van der Waals surface area (Å²) < 4.78 is 17.2. The Hall–Kier alpha value is -2.20. The second-order valence-corrected chi connectivity index (χ2v) is 5.74. The van der Waals surface area contributed by atoms with E-state index in [1.807, 2.05) is 51.1 Å². The Morgan fingerprint density at radius 3 is 2.20 bits per heavy atom. The molecule has 0 bridgehead atoms. The van der Waals surface area contributed by atoms with E-state index in [2.05, 4.69) is 12.1 Å². The van der Waals surface area contributed by atoms with Gasteiger partial charge in [-0.2, -0.15) is 0 Å². The van der Waals surface area contributed by atoms with Crippen LogP contribution in [0.4, 0.5) is 0 Å². The van der Waals surface area contributed by atoms with Gasteiger partial charge in [-0.3, -0.25) is 0 Å². The SMILES string of the molecule is CCOc1ccc(CC(CN)c2ccccc2OCC)c(OCC)c1. The van der Waals surface area contributed by atoms with Crippen LogP contribution in [0, 0.1) is 0 Å². The Kier molecular flexibility index (Phi) is 7.61. The molecule has 0 heterocycles. The first-order valence-electron chi connectivity index (χ1n) is 9.03. The fourth-order valence-corrected chi connectivity index (χ4v) is 2.94. The van der Waals surface area contributed by atoms with Crippen molar-refractivity contribution in [3.63, 3.8) is 0 Å². The van der Waals surface area contributed by atoms with Gasteiger partial charge in [-0.1, -0.05) is 24.3 Å². The van der Waals surface area contributed by atoms with Crippen LogP contribution in [0.3, 0.4) is 0 Å². The van der Waals surface area contributed by atoms with Crippen molar-refractivity contribution < 1.29 is 14.2 Å². The number of para-hydroxylation sites is 1. The third-order valence-electron chi connectivity index (χ3n) is 4.06. The van der Waals surface area contributed by atoms with Crippen molar-refractivity contribution in [3.05, 3.63) is 53.6 Å². The zero-order valence-electron chi connectivity index (χ0n) is 15.5. The lowest BCUT2D eigenvalue weighted by Crippen LogP contribution is -2.17. The van der Waals surface area contributed by atoms with Gasteiger partial charge in [0.1, 0.15) is 17.2 Å². The van der Waals surface area contributed by atoms with Crippen molar-refractivity contribution in [2.75, 3.05) is 26.4 Å². The lowest BCUT2D eigenvalue weighted by molar-refractivity contribution is 0.319. The van der Waals surface area contributed by atoms with Crippen molar-refractivity contribution in [2.45, 2.75) is 33.1 Å². The quantitative estimate of drug-likeness (QED) is 0.703. The minimum Gasteiger partial charge on any atom is -0.494 e. The van der Waals surface area contributed by atoms with Gasteiger partial charge < -0.3 is 19.9 Å². The number of benzene rings is 2. The lowest BCUT2D eigenvalue weighted by Gasteiger charge is -2.21. The monoisotopic (exact) mass is 343 g/mol. The van der Waals surface area contributed by atoms with Gasteiger partial charge in [0.05, 0.1) is 19.8 Å². The second kappa shape index (κ2) is 9.94. The predicted molar refractivity (Wildman–Crippen MR) is 102 cm³/mol. The minimum atomic E-state index is 0.167. The molecule has 0 spiro atoms. The van der Waals surface area contributed by atoms with Crippen LogP contribution in [0.1, 0.15) is 37.8 Å². The van der Waals surface area contributed by atoms with E-state index in [0.29, 0.717) is 26.4 Å². The van der Waals surface area contributed by atoms with Gasteiger partial charge in [0.2, 0.25) is 0 Å². The summed E-state index contributed by atoms with van der Waals surface area (Å²) in [6.07, 6.45) is 0.794. The maximum absolute atomic E-state index is 6.10. The van der Waals surface area contributed by atoms with Crippen molar-refractivity contribution in [1.82, 2.24) is 0 Å². The molecule has 2 aromatic carbocycles. The Morgan fingerprint density at radius 1 is 0.840 bits per heavy atom. The molecule has 136 valence electrons. The van der Waals surface area contributed by atoms with Crippen molar-refractivity contribution in [1.29, 1.82) is 0 Å². The predicted octanol–water partition coefficient (Wildman–Crippen LogP) is 4.17. The van der Waals surface area contributed by atoms with Crippen LogP contribution >= 0.6 is 0 Å². The van der Waals surface area contributed by atoms with Crippen LogP contribution in [0.2, 0.25) is 0 Å². The Balaban J connectivity index is 2.29. The van der Waals surface area contributed by atoms with E-state index in [1.165, 1.54) is 0 Å². The summed E-state index contributed by atoms with van der Waals surface area (Å²) in [4.78, 5) is 0. The van der Waals surface area contributed by atoms with Crippen molar-refractivity contribution in [2.24, 2.45) is 5.73 Å². The highest BCUT2D eigenvalue weighted by molar-refractivity contribution is 5.44. The van der Waals surface area contributed by atoms with Gasteiger partial charge in [0.25, 0.3) is 0 Å². The van der Waals surface area contributed by atoms with Gasteiger partial charge in [-0.15, -0.1) is 0 Å². The highest BCUT2D eigenvalue weighted by Crippen LogP contribution is 2.33. The summed E-state index contributed by atoms with van der Waals surface area (Å²) in [7, 11) is 0. The molecule has 0 aromatic heterocycles. The summed E-state index contributed by atoms with van der Waals surface area (Å²) in [6, 6.07) is 14.1. The van der Waals surface area contributed by atoms with E-state index < -0.39 is 0 Å². The second-order valence-electron chi connectivity index (χ2n) is 5.74. The minimum absolute atomic E-state index is 0.167. The van der Waals surface area contributed by atoms with Gasteiger partial charge in [0, 0.05) is 12.0 Å². The average molecular weight is 343 g/mol. The van der Waals surface area contributed by atoms with Crippen LogP contribution in [0.5, 0.6) is 17.2 Å². The van der Waals surface area contributed by atoms with E-state index in [1.54, 1.807) is 0 Å². The lowest BCUT2D eigenvalue weighted by atomic mass is 9.91. The zero-order valence-corrected chi connectivity index (χ0v) is 15.5. The molecule has 0 aliphatic rings. The first kappa shape index (κ1) is 19.1. The molecule has 1 unspecified atom stereocenters. The Labute approximate surface area is 150 Å². The number of rotatable bonds is 10. The molecule has 0 aliphatic carbocycles. The molecule has 2 N–H and O–H groups in total. The molecule has 0 saturated carbocycles. The zero-order chi connectivity index (χ0) is 18.1. The molecule has 4 heteroatoms.